The van der Waals surface area contributed by atoms with Gasteiger partial charge in [0.2, 0.25) is 0 Å². The molecule has 0 unspecified atom stereocenters. The average Bonchev–Trinajstić information content (AvgIpc) is 2.58. The van der Waals surface area contributed by atoms with Crippen LogP contribution in [0.25, 0.3) is 0 Å². The summed E-state index contributed by atoms with van der Waals surface area (Å²) in [5, 5.41) is 8.93. The van der Waals surface area contributed by atoms with E-state index >= 15 is 0 Å². The Bertz CT molecular complexity index is 647. The van der Waals surface area contributed by atoms with Gasteiger partial charge in [-0.1, -0.05) is 32.0 Å². The Hall–Kier alpha value is -2.49. The molecule has 0 atom stereocenters. The van der Waals surface area contributed by atoms with Gasteiger partial charge in [0.15, 0.2) is 0 Å². The largest absolute Gasteiger partial charge is 0.494 e. The zero-order chi connectivity index (χ0) is 17.4. The second kappa shape index (κ2) is 8.96. The van der Waals surface area contributed by atoms with Gasteiger partial charge in [0.05, 0.1) is 18.8 Å². The highest BCUT2D eigenvalue weighted by Crippen LogP contribution is 2.19. The van der Waals surface area contributed by atoms with E-state index in [1.165, 1.54) is 11.6 Å². The molecule has 0 heterocycles. The molecule has 1 N–H and O–H groups in total. The van der Waals surface area contributed by atoms with Crippen molar-refractivity contribution >= 4 is 5.97 Å². The maximum atomic E-state index is 10.9. The van der Waals surface area contributed by atoms with Crippen LogP contribution in [0.5, 0.6) is 11.5 Å². The van der Waals surface area contributed by atoms with Gasteiger partial charge in [-0.25, -0.2) is 4.79 Å². The van der Waals surface area contributed by atoms with Crippen molar-refractivity contribution < 1.29 is 19.4 Å². The van der Waals surface area contributed by atoms with Crippen LogP contribution in [0.3, 0.4) is 0 Å². The van der Waals surface area contributed by atoms with E-state index in [-0.39, 0.29) is 5.56 Å². The smallest absolute Gasteiger partial charge is 0.335 e. The van der Waals surface area contributed by atoms with Crippen LogP contribution in [-0.4, -0.2) is 24.3 Å². The Morgan fingerprint density at radius 2 is 1.58 bits per heavy atom. The van der Waals surface area contributed by atoms with E-state index in [1.807, 2.05) is 12.1 Å². The van der Waals surface area contributed by atoms with Crippen molar-refractivity contribution in [3.63, 3.8) is 0 Å². The van der Waals surface area contributed by atoms with Gasteiger partial charge in [0, 0.05) is 0 Å². The number of hydrogen-bond donors (Lipinski definition) is 1. The predicted octanol–water partition coefficient (Wildman–Crippen LogP) is 4.75. The third-order valence-electron chi connectivity index (χ3n) is 3.70. The van der Waals surface area contributed by atoms with Crippen LogP contribution in [-0.2, 0) is 0 Å². The van der Waals surface area contributed by atoms with Crippen molar-refractivity contribution in [3.05, 3.63) is 59.7 Å². The monoisotopic (exact) mass is 328 g/mol. The van der Waals surface area contributed by atoms with Crippen LogP contribution < -0.4 is 9.47 Å². The molecule has 2 aromatic carbocycles. The molecular weight excluding hydrogens is 304 g/mol. The van der Waals surface area contributed by atoms with Crippen molar-refractivity contribution in [2.75, 3.05) is 13.2 Å². The molecule has 4 heteroatoms. The Morgan fingerprint density at radius 3 is 2.17 bits per heavy atom. The zero-order valence-electron chi connectivity index (χ0n) is 14.2. The molecule has 0 radical (unpaired) electrons. The quantitative estimate of drug-likeness (QED) is 0.675. The van der Waals surface area contributed by atoms with E-state index in [0.29, 0.717) is 24.9 Å². The van der Waals surface area contributed by atoms with Crippen LogP contribution in [0, 0.1) is 0 Å². The van der Waals surface area contributed by atoms with Crippen molar-refractivity contribution in [2.45, 2.75) is 32.6 Å². The number of rotatable bonds is 9. The molecule has 0 spiro atoms. The highest BCUT2D eigenvalue weighted by Gasteiger charge is 2.03. The normalized spacial score (nSPS) is 10.6. The van der Waals surface area contributed by atoms with Crippen LogP contribution in [0.4, 0.5) is 0 Å². The third kappa shape index (κ3) is 5.61. The second-order valence-electron chi connectivity index (χ2n) is 5.96. The molecule has 24 heavy (non-hydrogen) atoms. The molecule has 0 fully saturated rings. The molecule has 128 valence electrons. The van der Waals surface area contributed by atoms with Crippen LogP contribution in [0.2, 0.25) is 0 Å². The van der Waals surface area contributed by atoms with Crippen molar-refractivity contribution in [3.8, 4) is 11.5 Å². The van der Waals surface area contributed by atoms with Crippen LogP contribution in [0.1, 0.15) is 48.5 Å². The minimum atomic E-state index is -0.947. The standard InChI is InChI=1S/C20H24O4/c1-15(2)16-8-10-18(11-9-16)23-12-3-4-13-24-19-7-5-6-17(14-19)20(21)22/h5-11,14-15H,3-4,12-13H2,1-2H3,(H,21,22). The van der Waals surface area contributed by atoms with Gasteiger partial charge in [0.1, 0.15) is 11.5 Å². The highest BCUT2D eigenvalue weighted by atomic mass is 16.5. The number of carboxylic acids is 1. The summed E-state index contributed by atoms with van der Waals surface area (Å²) >= 11 is 0. The summed E-state index contributed by atoms with van der Waals surface area (Å²) in [6.07, 6.45) is 1.73. The summed E-state index contributed by atoms with van der Waals surface area (Å²) in [6.45, 7) is 5.52. The Balaban J connectivity index is 1.64. The topological polar surface area (TPSA) is 55.8 Å². The lowest BCUT2D eigenvalue weighted by atomic mass is 10.0. The molecule has 0 saturated carbocycles. The van der Waals surface area contributed by atoms with E-state index in [1.54, 1.807) is 18.2 Å². The predicted molar refractivity (Wildman–Crippen MR) is 94.2 cm³/mol. The van der Waals surface area contributed by atoms with Gasteiger partial charge >= 0.3 is 5.97 Å². The molecule has 0 saturated heterocycles. The Kier molecular flexibility index (Phi) is 6.67. The van der Waals surface area contributed by atoms with Gasteiger partial charge in [-0.15, -0.1) is 0 Å². The Morgan fingerprint density at radius 1 is 0.958 bits per heavy atom. The summed E-state index contributed by atoms with van der Waals surface area (Å²) in [7, 11) is 0. The molecule has 0 bridgehead atoms. The maximum Gasteiger partial charge on any atom is 0.335 e. The number of ether oxygens (including phenoxy) is 2. The van der Waals surface area contributed by atoms with Crippen LogP contribution in [0.15, 0.2) is 48.5 Å². The molecule has 4 nitrogen and oxygen atoms in total. The summed E-state index contributed by atoms with van der Waals surface area (Å²) in [6, 6.07) is 14.7. The van der Waals surface area contributed by atoms with Crippen molar-refractivity contribution in [2.24, 2.45) is 0 Å². The minimum absolute atomic E-state index is 0.237. The number of aromatic carboxylic acids is 1. The summed E-state index contributed by atoms with van der Waals surface area (Å²) < 4.78 is 11.3. The molecular formula is C20H24O4. The fraction of sp³-hybridized carbons (Fsp3) is 0.350. The third-order valence-corrected chi connectivity index (χ3v) is 3.70. The molecule has 0 aliphatic rings. The summed E-state index contributed by atoms with van der Waals surface area (Å²) in [5.74, 6) is 1.04. The first-order valence-electron chi connectivity index (χ1n) is 8.25. The molecule has 2 rings (SSSR count). The van der Waals surface area contributed by atoms with Gasteiger partial charge in [0.25, 0.3) is 0 Å². The van der Waals surface area contributed by atoms with E-state index < -0.39 is 5.97 Å². The van der Waals surface area contributed by atoms with E-state index in [9.17, 15) is 4.79 Å². The van der Waals surface area contributed by atoms with E-state index in [4.69, 9.17) is 14.6 Å². The van der Waals surface area contributed by atoms with E-state index in [0.717, 1.165) is 18.6 Å². The molecule has 0 amide bonds. The maximum absolute atomic E-state index is 10.9. The fourth-order valence-electron chi connectivity index (χ4n) is 2.25. The van der Waals surface area contributed by atoms with Gasteiger partial charge in [-0.05, 0) is 54.7 Å². The first kappa shape index (κ1) is 17.9. The van der Waals surface area contributed by atoms with Gasteiger partial charge in [-0.3, -0.25) is 0 Å². The number of carboxylic acid groups (broad SMARTS) is 1. The number of hydrogen-bond acceptors (Lipinski definition) is 3. The summed E-state index contributed by atoms with van der Waals surface area (Å²) in [4.78, 5) is 10.9. The lowest BCUT2D eigenvalue weighted by Gasteiger charge is -2.09. The molecule has 0 aliphatic heterocycles. The zero-order valence-corrected chi connectivity index (χ0v) is 14.2. The molecule has 2 aromatic rings. The Labute approximate surface area is 143 Å². The van der Waals surface area contributed by atoms with Crippen molar-refractivity contribution in [1.29, 1.82) is 0 Å². The summed E-state index contributed by atoms with van der Waals surface area (Å²) in [5.41, 5.74) is 1.54. The first-order chi connectivity index (χ1) is 11.6. The van der Waals surface area contributed by atoms with Gasteiger partial charge in [-0.2, -0.15) is 0 Å². The second-order valence-corrected chi connectivity index (χ2v) is 5.96. The van der Waals surface area contributed by atoms with Crippen molar-refractivity contribution in [1.82, 2.24) is 0 Å². The van der Waals surface area contributed by atoms with Gasteiger partial charge < -0.3 is 14.6 Å². The number of benzene rings is 2. The van der Waals surface area contributed by atoms with Crippen LogP contribution >= 0.6 is 0 Å². The average molecular weight is 328 g/mol. The lowest BCUT2D eigenvalue weighted by Crippen LogP contribution is -2.03. The SMILES string of the molecule is CC(C)c1ccc(OCCCCOc2cccc(C(=O)O)c2)cc1. The highest BCUT2D eigenvalue weighted by molar-refractivity contribution is 5.87. The lowest BCUT2D eigenvalue weighted by molar-refractivity contribution is 0.0696. The first-order valence-corrected chi connectivity index (χ1v) is 8.25. The molecule has 0 aromatic heterocycles. The fourth-order valence-corrected chi connectivity index (χ4v) is 2.25. The molecule has 0 aliphatic carbocycles. The minimum Gasteiger partial charge on any atom is -0.494 e. The number of unbranched alkanes of at least 4 members (excludes halogenated alkanes) is 1. The number of carbonyl (C=O) groups is 1. The van der Waals surface area contributed by atoms with E-state index in [2.05, 4.69) is 26.0 Å².